The molecule has 132 valence electrons. The van der Waals surface area contributed by atoms with Gasteiger partial charge in [-0.1, -0.05) is 0 Å². The molecule has 23 heavy (non-hydrogen) atoms. The van der Waals surface area contributed by atoms with Crippen molar-refractivity contribution in [3.8, 4) is 0 Å². The second kappa shape index (κ2) is 10.5. The van der Waals surface area contributed by atoms with E-state index in [9.17, 15) is 14.4 Å². The summed E-state index contributed by atoms with van der Waals surface area (Å²) in [5.41, 5.74) is 0. The van der Waals surface area contributed by atoms with Crippen LogP contribution >= 0.6 is 0 Å². The summed E-state index contributed by atoms with van der Waals surface area (Å²) in [4.78, 5) is 40.9. The number of carboxylic acids is 2. The summed E-state index contributed by atoms with van der Waals surface area (Å²) >= 11 is 0. The molecule has 11 heteroatoms. The molecule has 0 rings (SSSR count). The van der Waals surface area contributed by atoms with E-state index < -0.39 is 18.5 Å². The highest BCUT2D eigenvalue weighted by atomic mass is 16.7. The minimum atomic E-state index is -1.14. The molecule has 0 fully saturated rings. The van der Waals surface area contributed by atoms with E-state index in [1.807, 2.05) is 0 Å². The predicted octanol–water partition coefficient (Wildman–Crippen LogP) is -1.72. The van der Waals surface area contributed by atoms with Crippen molar-refractivity contribution in [2.24, 2.45) is 0 Å². The quantitative estimate of drug-likeness (QED) is 0.150. The van der Waals surface area contributed by atoms with Crippen molar-refractivity contribution >= 4 is 23.7 Å². The fourth-order valence-corrected chi connectivity index (χ4v) is 1.79. The van der Waals surface area contributed by atoms with Crippen LogP contribution in [0.25, 0.3) is 0 Å². The maximum Gasteiger partial charge on any atom is 0.317 e. The third-order valence-electron chi connectivity index (χ3n) is 2.46. The van der Waals surface area contributed by atoms with Crippen molar-refractivity contribution < 1.29 is 29.4 Å². The zero-order valence-electron chi connectivity index (χ0n) is 13.4. The second-order valence-electron chi connectivity index (χ2n) is 4.83. The third kappa shape index (κ3) is 11.0. The van der Waals surface area contributed by atoms with Gasteiger partial charge in [-0.15, -0.1) is 5.06 Å². The summed E-state index contributed by atoms with van der Waals surface area (Å²) in [5, 5.41) is 28.7. The normalized spacial score (nSPS) is 10.9. The minimum Gasteiger partial charge on any atom is -0.480 e. The maximum atomic E-state index is 11.4. The number of nitrogens with zero attached hydrogens (tertiary/aromatic N) is 3. The number of aliphatic carboxylic acids is 2. The Morgan fingerprint density at radius 1 is 1.04 bits per heavy atom. The number of carbonyl (C=O) groups is 3. The van der Waals surface area contributed by atoms with Crippen LogP contribution in [0.15, 0.2) is 0 Å². The molecule has 1 amide bonds. The highest BCUT2D eigenvalue weighted by molar-refractivity contribution is 5.78. The summed E-state index contributed by atoms with van der Waals surface area (Å²) in [5.74, 6) is -2.71. The van der Waals surface area contributed by atoms with E-state index in [2.05, 4.69) is 5.32 Å². The Balaban J connectivity index is 4.88. The fourth-order valence-electron chi connectivity index (χ4n) is 1.79. The van der Waals surface area contributed by atoms with E-state index in [4.69, 9.17) is 20.5 Å². The molecule has 0 spiro atoms. The predicted molar refractivity (Wildman–Crippen MR) is 79.6 cm³/mol. The van der Waals surface area contributed by atoms with Crippen LogP contribution in [0.1, 0.15) is 6.92 Å². The molecule has 11 nitrogen and oxygen atoms in total. The molecule has 0 aromatic heterocycles. The first-order valence-corrected chi connectivity index (χ1v) is 6.67. The molecule has 4 N–H and O–H groups in total. The van der Waals surface area contributed by atoms with Gasteiger partial charge in [0, 0.05) is 21.0 Å². The van der Waals surface area contributed by atoms with Crippen molar-refractivity contribution in [2.75, 3.05) is 47.1 Å². The Labute approximate surface area is 133 Å². The molecule has 0 aliphatic carbocycles. The first-order valence-electron chi connectivity index (χ1n) is 6.67. The Bertz CT molecular complexity index is 444. The Morgan fingerprint density at radius 3 is 2.00 bits per heavy atom. The monoisotopic (exact) mass is 333 g/mol. The molecule has 0 unspecified atom stereocenters. The zero-order valence-corrected chi connectivity index (χ0v) is 13.4. The van der Waals surface area contributed by atoms with E-state index in [1.54, 1.807) is 0 Å². The standard InChI is InChI=1S/C12H23N5O6/c1-9(13)23-15(3)7-17(6-12(21)22)8-16(5-11(19)20)4-10(18)14-2/h13H,4-8H2,1-3H3,(H,14,18)(H,19,20)(H,21,22). The molecule has 0 saturated carbocycles. The summed E-state index contributed by atoms with van der Waals surface area (Å²) in [6.45, 7) is 0.364. The third-order valence-corrected chi connectivity index (χ3v) is 2.46. The van der Waals surface area contributed by atoms with Crippen LogP contribution in [0.5, 0.6) is 0 Å². The first kappa shape index (κ1) is 20.8. The van der Waals surface area contributed by atoms with Crippen molar-refractivity contribution in [2.45, 2.75) is 6.92 Å². The summed E-state index contributed by atoms with van der Waals surface area (Å²) in [7, 11) is 2.93. The Morgan fingerprint density at radius 2 is 1.57 bits per heavy atom. The summed E-state index contributed by atoms with van der Waals surface area (Å²) in [6.07, 6.45) is 0. The van der Waals surface area contributed by atoms with E-state index in [-0.39, 0.29) is 38.2 Å². The van der Waals surface area contributed by atoms with Crippen LogP contribution in [0.4, 0.5) is 0 Å². The van der Waals surface area contributed by atoms with Crippen molar-refractivity contribution in [3.63, 3.8) is 0 Å². The molecule has 0 atom stereocenters. The van der Waals surface area contributed by atoms with Crippen LogP contribution < -0.4 is 5.32 Å². The molecule has 0 aromatic carbocycles. The molecular weight excluding hydrogens is 310 g/mol. The molecule has 0 saturated heterocycles. The van der Waals surface area contributed by atoms with Gasteiger partial charge in [0.05, 0.1) is 33.0 Å². The van der Waals surface area contributed by atoms with E-state index in [1.165, 1.54) is 35.9 Å². The van der Waals surface area contributed by atoms with E-state index >= 15 is 0 Å². The molecule has 0 aliphatic heterocycles. The molecule has 0 aliphatic rings. The number of amides is 1. The SMILES string of the molecule is CNC(=O)CN(CC(=O)O)CN(CC(=O)O)CN(C)OC(C)=N. The number of hydrogen-bond donors (Lipinski definition) is 4. The van der Waals surface area contributed by atoms with Gasteiger partial charge >= 0.3 is 11.9 Å². The van der Waals surface area contributed by atoms with Gasteiger partial charge in [0.15, 0.2) is 0 Å². The minimum absolute atomic E-state index is 0.00633. The average molecular weight is 333 g/mol. The lowest BCUT2D eigenvalue weighted by Gasteiger charge is -2.30. The van der Waals surface area contributed by atoms with Gasteiger partial charge in [-0.25, -0.2) is 0 Å². The molecule has 0 aromatic rings. The highest BCUT2D eigenvalue weighted by Crippen LogP contribution is 1.99. The van der Waals surface area contributed by atoms with Gasteiger partial charge < -0.3 is 20.4 Å². The van der Waals surface area contributed by atoms with Crippen molar-refractivity contribution in [1.29, 1.82) is 5.41 Å². The van der Waals surface area contributed by atoms with Gasteiger partial charge in [0.2, 0.25) is 11.8 Å². The lowest BCUT2D eigenvalue weighted by Crippen LogP contribution is -2.49. The summed E-state index contributed by atoms with van der Waals surface area (Å²) < 4.78 is 0. The lowest BCUT2D eigenvalue weighted by atomic mass is 10.4. The van der Waals surface area contributed by atoms with Crippen LogP contribution in [-0.4, -0.2) is 95.9 Å². The van der Waals surface area contributed by atoms with Crippen molar-refractivity contribution in [1.82, 2.24) is 20.2 Å². The lowest BCUT2D eigenvalue weighted by molar-refractivity contribution is -0.144. The van der Waals surface area contributed by atoms with Gasteiger partial charge in [-0.05, 0) is 0 Å². The van der Waals surface area contributed by atoms with Gasteiger partial charge in [-0.2, -0.15) is 0 Å². The molecule has 0 radical (unpaired) electrons. The van der Waals surface area contributed by atoms with Crippen LogP contribution in [0, 0.1) is 5.41 Å². The number of nitrogens with one attached hydrogen (secondary N) is 2. The fraction of sp³-hybridized carbons (Fsp3) is 0.667. The average Bonchev–Trinajstić information content (AvgIpc) is 2.35. The first-order chi connectivity index (χ1) is 10.6. The molecular formula is C12H23N5O6. The van der Waals surface area contributed by atoms with Crippen molar-refractivity contribution in [3.05, 3.63) is 0 Å². The smallest absolute Gasteiger partial charge is 0.317 e. The summed E-state index contributed by atoms with van der Waals surface area (Å²) in [6, 6.07) is 0. The van der Waals surface area contributed by atoms with Crippen LogP contribution in [0.2, 0.25) is 0 Å². The largest absolute Gasteiger partial charge is 0.480 e. The molecule has 0 heterocycles. The number of carbonyl (C=O) groups excluding carboxylic acids is 1. The number of carboxylic acid groups (broad SMARTS) is 2. The Hall–Kier alpha value is -2.24. The second-order valence-corrected chi connectivity index (χ2v) is 4.83. The van der Waals surface area contributed by atoms with Crippen LogP contribution in [0.3, 0.4) is 0 Å². The zero-order chi connectivity index (χ0) is 18.0. The van der Waals surface area contributed by atoms with Crippen LogP contribution in [-0.2, 0) is 19.2 Å². The topological polar surface area (TPSA) is 146 Å². The maximum absolute atomic E-state index is 11.4. The van der Waals surface area contributed by atoms with E-state index in [0.717, 1.165) is 0 Å². The number of likely N-dealkylation sites (N-methyl/N-ethyl adjacent to an activating group) is 1. The Kier molecular flexibility index (Phi) is 9.46. The van der Waals surface area contributed by atoms with Gasteiger partial charge in [-0.3, -0.25) is 29.6 Å². The van der Waals surface area contributed by atoms with Gasteiger partial charge in [0.25, 0.3) is 0 Å². The number of rotatable bonds is 11. The van der Waals surface area contributed by atoms with E-state index in [0.29, 0.717) is 0 Å². The number of hydrogen-bond acceptors (Lipinski definition) is 8. The number of hydroxylamine groups is 2. The highest BCUT2D eigenvalue weighted by Gasteiger charge is 2.20. The molecule has 0 bridgehead atoms. The van der Waals surface area contributed by atoms with Gasteiger partial charge in [0.1, 0.15) is 0 Å².